The molecule has 0 unspecified atom stereocenters. The smallest absolute Gasteiger partial charge is 0.257 e. The van der Waals surface area contributed by atoms with Gasteiger partial charge in [-0.2, -0.15) is 0 Å². The molecule has 3 heterocycles. The first kappa shape index (κ1) is 16.6. The molecule has 7 heteroatoms. The Hall–Kier alpha value is -1.86. The number of H-pyrrole nitrogens is 1. The second-order valence-corrected chi connectivity index (χ2v) is 8.29. The zero-order valence-electron chi connectivity index (χ0n) is 13.9. The Morgan fingerprint density at radius 2 is 2.24 bits per heavy atom. The van der Waals surface area contributed by atoms with Gasteiger partial charge in [-0.15, -0.1) is 11.3 Å². The second kappa shape index (κ2) is 6.80. The van der Waals surface area contributed by atoms with Crippen LogP contribution in [0.5, 0.6) is 0 Å². The molecule has 1 aliphatic heterocycles. The molecule has 2 aromatic rings. The van der Waals surface area contributed by atoms with E-state index in [0.29, 0.717) is 23.0 Å². The van der Waals surface area contributed by atoms with Gasteiger partial charge in [0.2, 0.25) is 0 Å². The van der Waals surface area contributed by atoms with E-state index in [0.717, 1.165) is 41.2 Å². The number of nitrogens with zero attached hydrogens (tertiary/aromatic N) is 1. The highest BCUT2D eigenvalue weighted by Gasteiger charge is 2.38. The number of fused-ring (bicyclic) bond motifs is 1. The van der Waals surface area contributed by atoms with Gasteiger partial charge in [-0.05, 0) is 30.7 Å². The van der Waals surface area contributed by atoms with Crippen molar-refractivity contribution in [3.63, 3.8) is 0 Å². The molecule has 0 aromatic carbocycles. The molecular formula is C18H19N3O2S2. The number of hydrogen-bond donors (Lipinski definition) is 2. The summed E-state index contributed by atoms with van der Waals surface area (Å²) in [6.07, 6.45) is 3.24. The van der Waals surface area contributed by atoms with Crippen molar-refractivity contribution < 1.29 is 4.79 Å². The molecular weight excluding hydrogens is 354 g/mol. The van der Waals surface area contributed by atoms with Crippen LogP contribution in [0.1, 0.15) is 49.0 Å². The van der Waals surface area contributed by atoms with Crippen molar-refractivity contribution in [1.29, 1.82) is 0 Å². The highest BCUT2D eigenvalue weighted by molar-refractivity contribution is 7.99. The van der Waals surface area contributed by atoms with Crippen LogP contribution in [0.4, 0.5) is 5.82 Å². The van der Waals surface area contributed by atoms with Crippen LogP contribution >= 0.6 is 23.1 Å². The molecule has 0 spiro atoms. The Labute approximate surface area is 154 Å². The van der Waals surface area contributed by atoms with Crippen molar-refractivity contribution in [3.05, 3.63) is 49.6 Å². The summed E-state index contributed by atoms with van der Waals surface area (Å²) in [5.41, 5.74) is 2.10. The van der Waals surface area contributed by atoms with Gasteiger partial charge in [-0.1, -0.05) is 24.8 Å². The maximum absolute atomic E-state index is 12.9. The van der Waals surface area contributed by atoms with Gasteiger partial charge < -0.3 is 10.3 Å². The number of aromatic amines is 1. The summed E-state index contributed by atoms with van der Waals surface area (Å²) in [5, 5.41) is 5.92. The van der Waals surface area contributed by atoms with Crippen LogP contribution in [-0.4, -0.2) is 21.5 Å². The number of ketones is 1. The average Bonchev–Trinajstić information content (AvgIpc) is 3.12. The Bertz CT molecular complexity index is 900. The van der Waals surface area contributed by atoms with Crippen LogP contribution in [0.25, 0.3) is 0 Å². The van der Waals surface area contributed by atoms with Gasteiger partial charge in [0.25, 0.3) is 5.56 Å². The van der Waals surface area contributed by atoms with Crippen molar-refractivity contribution in [2.45, 2.75) is 43.7 Å². The van der Waals surface area contributed by atoms with E-state index in [1.54, 1.807) is 23.1 Å². The molecule has 2 aromatic heterocycles. The van der Waals surface area contributed by atoms with Gasteiger partial charge >= 0.3 is 0 Å². The van der Waals surface area contributed by atoms with Crippen molar-refractivity contribution in [2.24, 2.45) is 0 Å². The maximum atomic E-state index is 12.9. The van der Waals surface area contributed by atoms with E-state index >= 15 is 0 Å². The van der Waals surface area contributed by atoms with Crippen LogP contribution in [-0.2, 0) is 4.79 Å². The standard InChI is InChI=1S/C18H19N3O2S2/c1-2-8-25-18-20-16-15(17(23)21-18)14(12-7-4-9-24-12)13-10(19-16)5-3-6-11(13)22/h4,7,9,14H,2-3,5-6,8H2,1H3,(H2,19,20,21,23)/t14-/m0/s1. The molecule has 1 aliphatic carbocycles. The molecule has 4 rings (SSSR count). The molecule has 0 saturated carbocycles. The number of nitrogens with one attached hydrogen (secondary N) is 2. The van der Waals surface area contributed by atoms with Crippen molar-refractivity contribution in [2.75, 3.05) is 11.1 Å². The van der Waals surface area contributed by atoms with Gasteiger partial charge in [0, 0.05) is 28.3 Å². The Balaban J connectivity index is 1.88. The summed E-state index contributed by atoms with van der Waals surface area (Å²) < 4.78 is 0. The minimum absolute atomic E-state index is 0.140. The molecule has 0 fully saturated rings. The highest BCUT2D eigenvalue weighted by atomic mass is 32.2. The van der Waals surface area contributed by atoms with E-state index in [4.69, 9.17) is 0 Å². The van der Waals surface area contributed by atoms with E-state index in [2.05, 4.69) is 22.2 Å². The lowest BCUT2D eigenvalue weighted by Gasteiger charge is -2.32. The summed E-state index contributed by atoms with van der Waals surface area (Å²) in [5.74, 6) is 1.35. The number of aromatic nitrogens is 2. The second-order valence-electron chi connectivity index (χ2n) is 6.22. The Kier molecular flexibility index (Phi) is 4.52. The zero-order valence-corrected chi connectivity index (χ0v) is 15.6. The van der Waals surface area contributed by atoms with E-state index in [-0.39, 0.29) is 17.3 Å². The summed E-state index contributed by atoms with van der Waals surface area (Å²) in [7, 11) is 0. The van der Waals surface area contributed by atoms with Crippen LogP contribution in [0.3, 0.4) is 0 Å². The fourth-order valence-electron chi connectivity index (χ4n) is 3.45. The van der Waals surface area contributed by atoms with Crippen LogP contribution < -0.4 is 10.9 Å². The minimum Gasteiger partial charge on any atom is -0.343 e. The number of thiophene rings is 1. The summed E-state index contributed by atoms with van der Waals surface area (Å²) in [6.45, 7) is 2.10. The van der Waals surface area contributed by atoms with Gasteiger partial charge in [0.05, 0.1) is 11.5 Å². The Morgan fingerprint density at radius 1 is 1.36 bits per heavy atom. The fraction of sp³-hybridized carbons (Fsp3) is 0.389. The fourth-order valence-corrected chi connectivity index (χ4v) is 5.01. The van der Waals surface area contributed by atoms with Gasteiger partial charge in [-0.25, -0.2) is 4.98 Å². The third-order valence-electron chi connectivity index (χ3n) is 4.51. The van der Waals surface area contributed by atoms with Gasteiger partial charge in [0.1, 0.15) is 5.82 Å². The molecule has 130 valence electrons. The molecule has 2 aliphatic rings. The van der Waals surface area contributed by atoms with E-state index < -0.39 is 0 Å². The van der Waals surface area contributed by atoms with E-state index in [1.807, 2.05) is 17.5 Å². The number of thioether (sulfide) groups is 1. The van der Waals surface area contributed by atoms with Crippen molar-refractivity contribution >= 4 is 34.7 Å². The number of allylic oxidation sites excluding steroid dienone is 2. The first-order valence-corrected chi connectivity index (χ1v) is 10.4. The first-order valence-electron chi connectivity index (χ1n) is 8.52. The molecule has 1 atom stereocenters. The van der Waals surface area contributed by atoms with Gasteiger partial charge in [-0.3, -0.25) is 9.59 Å². The molecule has 0 saturated heterocycles. The maximum Gasteiger partial charge on any atom is 0.257 e. The summed E-state index contributed by atoms with van der Waals surface area (Å²) in [4.78, 5) is 34.1. The Morgan fingerprint density at radius 3 is 3.00 bits per heavy atom. The summed E-state index contributed by atoms with van der Waals surface area (Å²) >= 11 is 3.13. The summed E-state index contributed by atoms with van der Waals surface area (Å²) in [6, 6.07) is 3.96. The van der Waals surface area contributed by atoms with Crippen LogP contribution in [0.15, 0.2) is 38.7 Å². The molecule has 0 bridgehead atoms. The number of Topliss-reactive ketones (excluding diaryl/α,β-unsaturated/α-hetero) is 1. The predicted molar refractivity (Wildman–Crippen MR) is 102 cm³/mol. The minimum atomic E-state index is -0.305. The van der Waals surface area contributed by atoms with Crippen molar-refractivity contribution in [3.8, 4) is 0 Å². The first-order chi connectivity index (χ1) is 12.2. The third kappa shape index (κ3) is 2.95. The largest absolute Gasteiger partial charge is 0.343 e. The van der Waals surface area contributed by atoms with Crippen molar-refractivity contribution in [1.82, 2.24) is 9.97 Å². The van der Waals surface area contributed by atoms with Crippen LogP contribution in [0, 0.1) is 0 Å². The van der Waals surface area contributed by atoms with Gasteiger partial charge in [0.15, 0.2) is 10.9 Å². The van der Waals surface area contributed by atoms with Crippen LogP contribution in [0.2, 0.25) is 0 Å². The quantitative estimate of drug-likeness (QED) is 0.628. The lowest BCUT2D eigenvalue weighted by molar-refractivity contribution is -0.116. The molecule has 0 radical (unpaired) electrons. The monoisotopic (exact) mass is 373 g/mol. The molecule has 2 N–H and O–H groups in total. The molecule has 5 nitrogen and oxygen atoms in total. The normalized spacial score (nSPS) is 19.4. The number of rotatable bonds is 4. The number of hydrogen-bond acceptors (Lipinski definition) is 6. The third-order valence-corrected chi connectivity index (χ3v) is 6.52. The highest BCUT2D eigenvalue weighted by Crippen LogP contribution is 2.44. The number of carbonyl (C=O) groups excluding carboxylic acids is 1. The lowest BCUT2D eigenvalue weighted by Crippen LogP contribution is -2.32. The number of anilines is 1. The average molecular weight is 374 g/mol. The van der Waals surface area contributed by atoms with E-state index in [1.165, 1.54) is 0 Å². The lowest BCUT2D eigenvalue weighted by atomic mass is 9.79. The molecule has 0 amide bonds. The SMILES string of the molecule is CCCSc1nc2c(c(=O)[nH]1)[C@@H](c1cccs1)C1=C(CCCC1=O)N2. The number of carbonyl (C=O) groups is 1. The topological polar surface area (TPSA) is 74.8 Å². The zero-order chi connectivity index (χ0) is 17.4. The predicted octanol–water partition coefficient (Wildman–Crippen LogP) is 3.90. The molecule has 25 heavy (non-hydrogen) atoms. The van der Waals surface area contributed by atoms with E-state index in [9.17, 15) is 9.59 Å².